The van der Waals surface area contributed by atoms with Gasteiger partial charge in [0.2, 0.25) is 0 Å². The molecule has 0 fully saturated rings. The molecule has 4 N–H and O–H groups in total. The Morgan fingerprint density at radius 3 is 2.22 bits per heavy atom. The second kappa shape index (κ2) is 10.6. The third-order valence-corrected chi connectivity index (χ3v) is 5.53. The van der Waals surface area contributed by atoms with Crippen molar-refractivity contribution in [2.75, 3.05) is 0 Å². The lowest BCUT2D eigenvalue weighted by molar-refractivity contribution is -0.118. The fraction of sp³-hybridized carbons (Fsp3) is 0.120. The van der Waals surface area contributed by atoms with Crippen LogP contribution in [0.15, 0.2) is 84.6 Å². The van der Waals surface area contributed by atoms with Gasteiger partial charge in [0.15, 0.2) is 0 Å². The van der Waals surface area contributed by atoms with Gasteiger partial charge in [-0.15, -0.1) is 0 Å². The Labute approximate surface area is 194 Å². The lowest BCUT2D eigenvalue weighted by Crippen LogP contribution is -2.40. The number of benzene rings is 3. The van der Waals surface area contributed by atoms with Gasteiger partial charge in [0, 0.05) is 11.6 Å². The number of hydrogen-bond donors (Lipinski definition) is 4. The van der Waals surface area contributed by atoms with Crippen molar-refractivity contribution in [2.24, 2.45) is 0 Å². The first-order valence-electron chi connectivity index (χ1n) is 9.98. The quantitative estimate of drug-likeness (QED) is 0.367. The number of nitrogens with one attached hydrogen (secondary N) is 2. The first-order valence-corrected chi connectivity index (χ1v) is 10.8. The highest BCUT2D eigenvalue weighted by Crippen LogP contribution is 2.26. The monoisotopic (exact) mass is 494 g/mol. The molecule has 1 unspecified atom stereocenters. The first-order chi connectivity index (χ1) is 15.3. The Kier molecular flexibility index (Phi) is 7.68. The molecule has 0 heterocycles. The second-order valence-electron chi connectivity index (χ2n) is 7.30. The molecule has 0 aliphatic rings. The minimum Gasteiger partial charge on any atom is -0.508 e. The zero-order valence-corrected chi connectivity index (χ0v) is 19.0. The van der Waals surface area contributed by atoms with Gasteiger partial charge in [-0.25, -0.2) is 0 Å². The molecule has 3 rings (SSSR count). The summed E-state index contributed by atoms with van der Waals surface area (Å²) in [5, 5.41) is 24.8. The Morgan fingerprint density at radius 2 is 1.56 bits per heavy atom. The van der Waals surface area contributed by atoms with Gasteiger partial charge >= 0.3 is 0 Å². The van der Waals surface area contributed by atoms with Gasteiger partial charge in [0.1, 0.15) is 17.2 Å². The van der Waals surface area contributed by atoms with Gasteiger partial charge in [0.05, 0.1) is 4.48 Å². The summed E-state index contributed by atoms with van der Waals surface area (Å²) in [6, 6.07) is 21.4. The molecular weight excluding hydrogens is 472 g/mol. The van der Waals surface area contributed by atoms with E-state index in [9.17, 15) is 19.8 Å². The fourth-order valence-electron chi connectivity index (χ4n) is 3.12. The van der Waals surface area contributed by atoms with Crippen molar-refractivity contribution in [3.05, 3.63) is 101 Å². The number of hydrogen-bond acceptors (Lipinski definition) is 4. The Balaban J connectivity index is 1.85. The van der Waals surface area contributed by atoms with Crippen LogP contribution >= 0.6 is 15.9 Å². The topological polar surface area (TPSA) is 98.7 Å². The number of carbonyl (C=O) groups is 2. The highest BCUT2D eigenvalue weighted by molar-refractivity contribution is 9.15. The molecule has 6 nitrogen and oxygen atoms in total. The predicted molar refractivity (Wildman–Crippen MR) is 127 cm³/mol. The second-order valence-corrected chi connectivity index (χ2v) is 8.10. The fourth-order valence-corrected chi connectivity index (χ4v) is 3.67. The molecule has 0 radical (unpaired) electrons. The van der Waals surface area contributed by atoms with Crippen LogP contribution in [-0.4, -0.2) is 28.1 Å². The summed E-state index contributed by atoms with van der Waals surface area (Å²) in [4.78, 5) is 25.9. The molecule has 32 heavy (non-hydrogen) atoms. The Morgan fingerprint density at radius 1 is 0.875 bits per heavy atom. The summed E-state index contributed by atoms with van der Waals surface area (Å²) < 4.78 is 0.379. The van der Waals surface area contributed by atoms with E-state index in [2.05, 4.69) is 26.6 Å². The molecule has 3 aromatic carbocycles. The third-order valence-electron chi connectivity index (χ3n) is 4.67. The number of carbonyl (C=O) groups excluding carboxylic acids is 2. The van der Waals surface area contributed by atoms with E-state index in [1.54, 1.807) is 60.7 Å². The summed E-state index contributed by atoms with van der Waals surface area (Å²) in [5.41, 5.74) is 1.94. The lowest BCUT2D eigenvalue weighted by Gasteiger charge is -2.18. The van der Waals surface area contributed by atoms with Gasteiger partial charge in [-0.2, -0.15) is 0 Å². The molecule has 0 aliphatic heterocycles. The maximum atomic E-state index is 13.1. The van der Waals surface area contributed by atoms with Gasteiger partial charge in [-0.1, -0.05) is 42.5 Å². The van der Waals surface area contributed by atoms with Crippen LogP contribution in [0, 0.1) is 0 Å². The molecule has 1 atom stereocenters. The average Bonchev–Trinajstić information content (AvgIpc) is 2.77. The van der Waals surface area contributed by atoms with E-state index >= 15 is 0 Å². The van der Waals surface area contributed by atoms with Crippen LogP contribution in [0.4, 0.5) is 0 Å². The van der Waals surface area contributed by atoms with E-state index in [4.69, 9.17) is 0 Å². The van der Waals surface area contributed by atoms with Gasteiger partial charge in [-0.3, -0.25) is 9.59 Å². The third kappa shape index (κ3) is 6.21. The minimum absolute atomic E-state index is 0.0484. The van der Waals surface area contributed by atoms with Crippen molar-refractivity contribution in [1.29, 1.82) is 0 Å². The van der Waals surface area contributed by atoms with E-state index < -0.39 is 11.8 Å². The van der Waals surface area contributed by atoms with Gasteiger partial charge in [-0.05, 0) is 76.8 Å². The molecule has 0 saturated heterocycles. The van der Waals surface area contributed by atoms with Crippen molar-refractivity contribution < 1.29 is 19.8 Å². The smallest absolute Gasteiger partial charge is 0.269 e. The van der Waals surface area contributed by atoms with Crippen LogP contribution in [0.1, 0.15) is 28.4 Å². The summed E-state index contributed by atoms with van der Waals surface area (Å²) in [6.07, 6.45) is 0.497. The van der Waals surface area contributed by atoms with Crippen LogP contribution in [0.25, 0.3) is 4.48 Å². The lowest BCUT2D eigenvalue weighted by atomic mass is 10.1. The molecule has 0 aliphatic carbocycles. The van der Waals surface area contributed by atoms with E-state index in [0.29, 0.717) is 22.0 Å². The average molecular weight is 495 g/mol. The zero-order valence-electron chi connectivity index (χ0n) is 17.4. The van der Waals surface area contributed by atoms with Crippen molar-refractivity contribution in [3.8, 4) is 11.5 Å². The van der Waals surface area contributed by atoms with E-state index in [1.165, 1.54) is 12.1 Å². The first kappa shape index (κ1) is 23.1. The van der Waals surface area contributed by atoms with Gasteiger partial charge in [0.25, 0.3) is 11.8 Å². The van der Waals surface area contributed by atoms with Crippen molar-refractivity contribution >= 4 is 32.2 Å². The van der Waals surface area contributed by atoms with Crippen LogP contribution in [0.5, 0.6) is 11.5 Å². The molecule has 0 bridgehead atoms. The van der Waals surface area contributed by atoms with Crippen molar-refractivity contribution in [1.82, 2.24) is 10.6 Å². The normalized spacial score (nSPS) is 12.4. The largest absolute Gasteiger partial charge is 0.508 e. The molecule has 0 spiro atoms. The maximum Gasteiger partial charge on any atom is 0.269 e. The standard InChI is InChI=1S/C25H23BrN2O4/c1-16(14-17-6-5-9-21(30)15-17)27-25(32)23(22(26)18-10-12-20(29)13-11-18)28-24(31)19-7-3-2-4-8-19/h2-13,15-16,29-30H,14H2,1H3,(H,27,32)(H,28,31)/b23-22+. The highest BCUT2D eigenvalue weighted by atomic mass is 79.9. The van der Waals surface area contributed by atoms with Crippen LogP contribution < -0.4 is 10.6 Å². The molecule has 2 amide bonds. The number of phenols is 2. The number of halogens is 1. The number of aromatic hydroxyl groups is 2. The molecule has 0 aromatic heterocycles. The minimum atomic E-state index is -0.470. The Bertz CT molecular complexity index is 1130. The number of phenolic OH excluding ortho intramolecular Hbond substituents is 2. The SMILES string of the molecule is CC(Cc1cccc(O)c1)NC(=O)/C(NC(=O)c1ccccc1)=C(\Br)c1ccc(O)cc1. The molecule has 164 valence electrons. The summed E-state index contributed by atoms with van der Waals surface area (Å²) >= 11 is 3.43. The van der Waals surface area contributed by atoms with Crippen LogP contribution in [-0.2, 0) is 11.2 Å². The maximum absolute atomic E-state index is 13.1. The summed E-state index contributed by atoms with van der Waals surface area (Å²) in [6.45, 7) is 1.84. The Hall–Kier alpha value is -3.58. The van der Waals surface area contributed by atoms with Crippen molar-refractivity contribution in [3.63, 3.8) is 0 Å². The molecule has 7 heteroatoms. The number of amides is 2. The van der Waals surface area contributed by atoms with E-state index in [0.717, 1.165) is 5.56 Å². The molecule has 3 aromatic rings. The summed E-state index contributed by atoms with van der Waals surface area (Å²) in [7, 11) is 0. The predicted octanol–water partition coefficient (Wildman–Crippen LogP) is 4.34. The summed E-state index contributed by atoms with van der Waals surface area (Å²) in [5.74, 6) is -0.645. The van der Waals surface area contributed by atoms with Crippen LogP contribution in [0.3, 0.4) is 0 Å². The van der Waals surface area contributed by atoms with Gasteiger partial charge < -0.3 is 20.8 Å². The van der Waals surface area contributed by atoms with E-state index in [1.807, 2.05) is 13.0 Å². The van der Waals surface area contributed by atoms with E-state index in [-0.39, 0.29) is 23.2 Å². The zero-order chi connectivity index (χ0) is 23.1. The molecular formula is C25H23BrN2O4. The molecule has 0 saturated carbocycles. The van der Waals surface area contributed by atoms with Crippen LogP contribution in [0.2, 0.25) is 0 Å². The highest BCUT2D eigenvalue weighted by Gasteiger charge is 2.21. The number of rotatable bonds is 7. The van der Waals surface area contributed by atoms with Crippen molar-refractivity contribution in [2.45, 2.75) is 19.4 Å².